The van der Waals surface area contributed by atoms with E-state index in [2.05, 4.69) is 26.0 Å². The van der Waals surface area contributed by atoms with Gasteiger partial charge in [0.15, 0.2) is 0 Å². The highest BCUT2D eigenvalue weighted by molar-refractivity contribution is 7.99. The van der Waals surface area contributed by atoms with Gasteiger partial charge in [-0.25, -0.2) is 0 Å². The summed E-state index contributed by atoms with van der Waals surface area (Å²) in [4.78, 5) is 15.9. The van der Waals surface area contributed by atoms with Gasteiger partial charge in [0.05, 0.1) is 6.61 Å². The van der Waals surface area contributed by atoms with Crippen LogP contribution in [0.1, 0.15) is 37.0 Å². The normalized spacial score (nSPS) is 16.3. The number of hydrogen-bond acceptors (Lipinski definition) is 3. The van der Waals surface area contributed by atoms with Crippen LogP contribution >= 0.6 is 11.8 Å². The fourth-order valence-corrected chi connectivity index (χ4v) is 4.06. The molecule has 0 atom stereocenters. The summed E-state index contributed by atoms with van der Waals surface area (Å²) in [7, 11) is 0. The number of likely N-dealkylation sites (tertiary alicyclic amines) is 1. The molecule has 1 fully saturated rings. The van der Waals surface area contributed by atoms with Crippen LogP contribution in [0.4, 0.5) is 0 Å². The van der Waals surface area contributed by atoms with Crippen molar-refractivity contribution in [1.82, 2.24) is 4.90 Å². The van der Waals surface area contributed by atoms with E-state index in [1.165, 1.54) is 11.3 Å². The molecule has 3 nitrogen and oxygen atoms in total. The van der Waals surface area contributed by atoms with Crippen LogP contribution in [-0.2, 0) is 0 Å². The number of rotatable bonds is 6. The second-order valence-electron chi connectivity index (χ2n) is 7.53. The molecule has 2 aromatic carbocycles. The highest BCUT2D eigenvalue weighted by Gasteiger charge is 2.29. The second kappa shape index (κ2) is 8.63. The third-order valence-corrected chi connectivity index (χ3v) is 5.63. The topological polar surface area (TPSA) is 29.5 Å². The molecule has 0 N–H and O–H groups in total. The lowest BCUT2D eigenvalue weighted by atomic mass is 9.84. The van der Waals surface area contributed by atoms with Crippen molar-refractivity contribution in [3.8, 4) is 5.75 Å². The van der Waals surface area contributed by atoms with E-state index in [4.69, 9.17) is 4.74 Å². The van der Waals surface area contributed by atoms with E-state index in [0.29, 0.717) is 6.61 Å². The molecule has 26 heavy (non-hydrogen) atoms. The lowest BCUT2D eigenvalue weighted by molar-refractivity contribution is 0.0583. The minimum absolute atomic E-state index is 0.129. The monoisotopic (exact) mass is 369 g/mol. The predicted octanol–water partition coefficient (Wildman–Crippen LogP) is 5.12. The molecule has 3 rings (SSSR count). The molecular weight excluding hydrogens is 342 g/mol. The number of carbonyl (C=O) groups is 1. The lowest BCUT2D eigenvalue weighted by Gasteiger charge is -2.38. The van der Waals surface area contributed by atoms with Gasteiger partial charge in [-0.2, -0.15) is 0 Å². The van der Waals surface area contributed by atoms with Crippen LogP contribution in [0.15, 0.2) is 59.5 Å². The van der Waals surface area contributed by atoms with E-state index < -0.39 is 0 Å². The molecule has 2 aromatic rings. The molecule has 0 radical (unpaired) electrons. The van der Waals surface area contributed by atoms with E-state index in [9.17, 15) is 4.79 Å². The molecule has 4 heteroatoms. The fourth-order valence-electron chi connectivity index (χ4n) is 3.31. The summed E-state index contributed by atoms with van der Waals surface area (Å²) >= 11 is 1.78. The van der Waals surface area contributed by atoms with Crippen molar-refractivity contribution in [2.45, 2.75) is 31.6 Å². The molecule has 1 amide bonds. The first-order valence-corrected chi connectivity index (χ1v) is 10.2. The maximum atomic E-state index is 12.7. The van der Waals surface area contributed by atoms with Gasteiger partial charge in [-0.15, -0.1) is 11.8 Å². The third-order valence-electron chi connectivity index (χ3n) is 4.65. The Balaban J connectivity index is 1.48. The first kappa shape index (κ1) is 18.8. The summed E-state index contributed by atoms with van der Waals surface area (Å²) in [6.07, 6.45) is 2.27. The number of thioether (sulfide) groups is 1. The van der Waals surface area contributed by atoms with Crippen molar-refractivity contribution >= 4 is 17.7 Å². The van der Waals surface area contributed by atoms with E-state index in [1.54, 1.807) is 11.8 Å². The van der Waals surface area contributed by atoms with Crippen LogP contribution < -0.4 is 4.74 Å². The third kappa shape index (κ3) is 5.28. The summed E-state index contributed by atoms with van der Waals surface area (Å²) in [5.41, 5.74) is 0.960. The summed E-state index contributed by atoms with van der Waals surface area (Å²) in [5, 5.41) is 0. The summed E-state index contributed by atoms with van der Waals surface area (Å²) < 4.78 is 5.80. The number of benzene rings is 2. The highest BCUT2D eigenvalue weighted by Crippen LogP contribution is 2.29. The maximum absolute atomic E-state index is 12.7. The Morgan fingerprint density at radius 3 is 2.54 bits per heavy atom. The zero-order valence-corrected chi connectivity index (χ0v) is 16.4. The molecule has 1 aliphatic heterocycles. The van der Waals surface area contributed by atoms with Crippen LogP contribution in [0.25, 0.3) is 0 Å². The summed E-state index contributed by atoms with van der Waals surface area (Å²) in [6.45, 7) is 6.80. The van der Waals surface area contributed by atoms with E-state index in [-0.39, 0.29) is 11.3 Å². The Morgan fingerprint density at radius 1 is 1.12 bits per heavy atom. The predicted molar refractivity (Wildman–Crippen MR) is 108 cm³/mol. The van der Waals surface area contributed by atoms with Crippen LogP contribution in [0, 0.1) is 5.41 Å². The molecule has 0 spiro atoms. The minimum Gasteiger partial charge on any atom is -0.493 e. The van der Waals surface area contributed by atoms with Crippen molar-refractivity contribution in [1.29, 1.82) is 0 Å². The van der Waals surface area contributed by atoms with Gasteiger partial charge in [-0.05, 0) is 54.7 Å². The lowest BCUT2D eigenvalue weighted by Crippen LogP contribution is -2.43. The van der Waals surface area contributed by atoms with Gasteiger partial charge in [0.2, 0.25) is 0 Å². The largest absolute Gasteiger partial charge is 0.493 e. The molecule has 1 saturated heterocycles. The van der Waals surface area contributed by atoms with E-state index >= 15 is 0 Å². The second-order valence-corrected chi connectivity index (χ2v) is 8.70. The van der Waals surface area contributed by atoms with Gasteiger partial charge in [0.25, 0.3) is 5.91 Å². The number of nitrogens with zero attached hydrogens (tertiary/aromatic N) is 1. The first-order valence-electron chi connectivity index (χ1n) is 9.23. The van der Waals surface area contributed by atoms with Gasteiger partial charge >= 0.3 is 0 Å². The molecular formula is C22H27NO2S. The average molecular weight is 370 g/mol. The number of hydrogen-bond donors (Lipinski definition) is 0. The van der Waals surface area contributed by atoms with Crippen LogP contribution in [0.3, 0.4) is 0 Å². The molecule has 1 heterocycles. The van der Waals surface area contributed by atoms with E-state index in [1.807, 2.05) is 47.4 Å². The Morgan fingerprint density at radius 2 is 1.85 bits per heavy atom. The van der Waals surface area contributed by atoms with Gasteiger partial charge in [-0.3, -0.25) is 4.79 Å². The number of ether oxygens (including phenoxy) is 1. The molecule has 0 unspecified atom stereocenters. The van der Waals surface area contributed by atoms with Crippen LogP contribution in [0.5, 0.6) is 5.75 Å². The van der Waals surface area contributed by atoms with Crippen molar-refractivity contribution in [3.63, 3.8) is 0 Å². The zero-order chi connectivity index (χ0) is 18.4. The smallest absolute Gasteiger partial charge is 0.253 e. The number of carbonyl (C=O) groups excluding carboxylic acids is 1. The van der Waals surface area contributed by atoms with Gasteiger partial charge in [0, 0.05) is 29.3 Å². The van der Waals surface area contributed by atoms with Crippen molar-refractivity contribution < 1.29 is 9.53 Å². The minimum atomic E-state index is 0.129. The van der Waals surface area contributed by atoms with Gasteiger partial charge in [-0.1, -0.05) is 32.0 Å². The van der Waals surface area contributed by atoms with Crippen molar-refractivity contribution in [3.05, 3.63) is 60.2 Å². The fraction of sp³-hybridized carbons (Fsp3) is 0.409. The quantitative estimate of drug-likeness (QED) is 0.523. The van der Waals surface area contributed by atoms with Crippen molar-refractivity contribution in [2.75, 3.05) is 25.4 Å². The molecule has 0 saturated carbocycles. The Kier molecular flexibility index (Phi) is 6.25. The van der Waals surface area contributed by atoms with Crippen molar-refractivity contribution in [2.24, 2.45) is 5.41 Å². The zero-order valence-electron chi connectivity index (χ0n) is 15.6. The van der Waals surface area contributed by atoms with Gasteiger partial charge in [0.1, 0.15) is 5.75 Å². The summed E-state index contributed by atoms with van der Waals surface area (Å²) in [6, 6.07) is 17.9. The Labute approximate surface area is 160 Å². The number of piperidine rings is 1. The SMILES string of the molecule is CC1(C)CCCN(C(=O)c2ccc(OCCSc3ccccc3)cc2)C1. The maximum Gasteiger partial charge on any atom is 0.253 e. The summed E-state index contributed by atoms with van der Waals surface area (Å²) in [5.74, 6) is 1.84. The van der Waals surface area contributed by atoms with Crippen LogP contribution in [-0.4, -0.2) is 36.3 Å². The number of amides is 1. The average Bonchev–Trinajstić information content (AvgIpc) is 2.65. The Bertz CT molecular complexity index is 713. The Hall–Kier alpha value is -1.94. The highest BCUT2D eigenvalue weighted by atomic mass is 32.2. The first-order chi connectivity index (χ1) is 12.5. The van der Waals surface area contributed by atoms with E-state index in [0.717, 1.165) is 36.6 Å². The van der Waals surface area contributed by atoms with Crippen LogP contribution in [0.2, 0.25) is 0 Å². The molecule has 138 valence electrons. The molecule has 1 aliphatic rings. The van der Waals surface area contributed by atoms with Gasteiger partial charge < -0.3 is 9.64 Å². The molecule has 0 aromatic heterocycles. The molecule has 0 aliphatic carbocycles. The standard InChI is InChI=1S/C22H27NO2S/c1-22(2)13-6-14-23(17-22)21(24)18-9-11-19(12-10-18)25-15-16-26-20-7-4-3-5-8-20/h3-5,7-12H,6,13-17H2,1-2H3. The molecule has 0 bridgehead atoms.